The molecular formula is C29H28ClNO6. The molecule has 3 aromatic rings. The Morgan fingerprint density at radius 3 is 2.32 bits per heavy atom. The van der Waals surface area contributed by atoms with Gasteiger partial charge in [0.2, 0.25) is 0 Å². The number of ether oxygens (including phenoxy) is 1. The van der Waals surface area contributed by atoms with Crippen molar-refractivity contribution < 1.29 is 24.2 Å². The first-order valence-electron chi connectivity index (χ1n) is 12.0. The second kappa shape index (κ2) is 10.3. The van der Waals surface area contributed by atoms with Gasteiger partial charge in [0.15, 0.2) is 11.6 Å². The van der Waals surface area contributed by atoms with E-state index in [9.17, 15) is 19.2 Å². The number of hydrogen-bond donors (Lipinski definition) is 1. The minimum Gasteiger partial charge on any atom is -0.495 e. The summed E-state index contributed by atoms with van der Waals surface area (Å²) >= 11 is 6.20. The van der Waals surface area contributed by atoms with E-state index in [-0.39, 0.29) is 29.0 Å². The lowest BCUT2D eigenvalue weighted by Gasteiger charge is -2.24. The number of ketones is 2. The molecule has 1 atom stereocenters. The number of pyridine rings is 1. The number of carbonyl (C=O) groups excluding carboxylic acids is 2. The van der Waals surface area contributed by atoms with Gasteiger partial charge in [-0.15, -0.1) is 0 Å². The third-order valence-corrected chi connectivity index (χ3v) is 7.23. The predicted molar refractivity (Wildman–Crippen MR) is 141 cm³/mol. The van der Waals surface area contributed by atoms with Gasteiger partial charge in [-0.2, -0.15) is 0 Å². The minimum atomic E-state index is -1.04. The molecule has 0 aliphatic heterocycles. The molecule has 1 aliphatic rings. The van der Waals surface area contributed by atoms with Crippen LogP contribution in [0.15, 0.2) is 59.5 Å². The van der Waals surface area contributed by atoms with Crippen molar-refractivity contribution in [3.8, 4) is 16.9 Å². The molecule has 0 radical (unpaired) electrons. The number of nitrogens with zero attached hydrogens (tertiary/aromatic N) is 1. The Kier molecular flexibility index (Phi) is 7.37. The van der Waals surface area contributed by atoms with Crippen molar-refractivity contribution in [1.29, 1.82) is 0 Å². The van der Waals surface area contributed by atoms with Gasteiger partial charge in [0.1, 0.15) is 5.75 Å². The van der Waals surface area contributed by atoms with Crippen LogP contribution in [0.5, 0.6) is 5.75 Å². The van der Waals surface area contributed by atoms with Crippen molar-refractivity contribution in [2.75, 3.05) is 7.11 Å². The first-order chi connectivity index (χ1) is 17.5. The fourth-order valence-electron chi connectivity index (χ4n) is 4.53. The van der Waals surface area contributed by atoms with Crippen molar-refractivity contribution in [1.82, 2.24) is 4.57 Å². The summed E-state index contributed by atoms with van der Waals surface area (Å²) < 4.78 is 7.03. The molecule has 4 rings (SSSR count). The van der Waals surface area contributed by atoms with E-state index in [1.165, 1.54) is 43.0 Å². The maximum Gasteiger partial charge on any atom is 0.335 e. The van der Waals surface area contributed by atoms with Gasteiger partial charge in [0.25, 0.3) is 5.56 Å². The second-order valence-corrected chi connectivity index (χ2v) is 10.4. The highest BCUT2D eigenvalue weighted by molar-refractivity contribution is 6.31. The zero-order valence-electron chi connectivity index (χ0n) is 20.9. The summed E-state index contributed by atoms with van der Waals surface area (Å²) in [5.41, 5.74) is 1.69. The number of halogens is 1. The molecule has 2 aromatic carbocycles. The van der Waals surface area contributed by atoms with Crippen molar-refractivity contribution in [2.45, 2.75) is 45.6 Å². The Labute approximate surface area is 219 Å². The van der Waals surface area contributed by atoms with Crippen LogP contribution >= 0.6 is 11.6 Å². The molecule has 1 saturated carbocycles. The molecule has 0 bridgehead atoms. The van der Waals surface area contributed by atoms with Crippen LogP contribution in [0.2, 0.25) is 5.02 Å². The summed E-state index contributed by atoms with van der Waals surface area (Å²) in [5.74, 6) is -1.03. The average molecular weight is 522 g/mol. The maximum absolute atomic E-state index is 13.6. The lowest BCUT2D eigenvalue weighted by Crippen LogP contribution is -2.32. The van der Waals surface area contributed by atoms with Crippen LogP contribution in [-0.4, -0.2) is 34.3 Å². The molecule has 0 amide bonds. The minimum absolute atomic E-state index is 0.0341. The average Bonchev–Trinajstić information content (AvgIpc) is 3.59. The largest absolute Gasteiger partial charge is 0.495 e. The molecular weight excluding hydrogens is 494 g/mol. The first-order valence-corrected chi connectivity index (χ1v) is 12.3. The fourth-order valence-corrected chi connectivity index (χ4v) is 4.70. The number of benzene rings is 2. The molecule has 7 nitrogen and oxygen atoms in total. The SMILES string of the molecule is COc1cn(C(CC2(C)CC2)C(=O)Cc2ccc(C(=O)O)cc2)c(=O)cc1-c1cc(Cl)ccc1C(C)=O. The Bertz CT molecular complexity index is 1440. The highest BCUT2D eigenvalue weighted by Gasteiger charge is 2.41. The van der Waals surface area contributed by atoms with Gasteiger partial charge in [0, 0.05) is 28.6 Å². The number of carboxylic acids is 1. The zero-order valence-corrected chi connectivity index (χ0v) is 21.7. The Balaban J connectivity index is 1.75. The second-order valence-electron chi connectivity index (χ2n) is 9.92. The van der Waals surface area contributed by atoms with E-state index in [0.29, 0.717) is 39.4 Å². The molecule has 0 spiro atoms. The Morgan fingerprint density at radius 2 is 1.76 bits per heavy atom. The molecule has 8 heteroatoms. The molecule has 192 valence electrons. The highest BCUT2D eigenvalue weighted by atomic mass is 35.5. The van der Waals surface area contributed by atoms with Gasteiger partial charge in [0.05, 0.1) is 24.9 Å². The summed E-state index contributed by atoms with van der Waals surface area (Å²) in [6.45, 7) is 3.53. The summed E-state index contributed by atoms with van der Waals surface area (Å²) in [6.07, 6.45) is 4.03. The van der Waals surface area contributed by atoms with Crippen LogP contribution in [0.25, 0.3) is 11.1 Å². The van der Waals surface area contributed by atoms with E-state index in [0.717, 1.165) is 12.8 Å². The van der Waals surface area contributed by atoms with Crippen molar-refractivity contribution in [3.05, 3.63) is 86.8 Å². The predicted octanol–water partition coefficient (Wildman–Crippen LogP) is 5.62. The van der Waals surface area contributed by atoms with Crippen LogP contribution < -0.4 is 10.3 Å². The van der Waals surface area contributed by atoms with Gasteiger partial charge in [-0.05, 0) is 73.1 Å². The number of carbonyl (C=O) groups is 3. The smallest absolute Gasteiger partial charge is 0.335 e. The number of hydrogen-bond acceptors (Lipinski definition) is 5. The van der Waals surface area contributed by atoms with E-state index in [4.69, 9.17) is 21.4 Å². The number of aromatic nitrogens is 1. The lowest BCUT2D eigenvalue weighted by molar-refractivity contribution is -0.122. The van der Waals surface area contributed by atoms with Gasteiger partial charge in [-0.3, -0.25) is 14.4 Å². The van der Waals surface area contributed by atoms with Crippen LogP contribution in [0.4, 0.5) is 0 Å². The molecule has 1 unspecified atom stereocenters. The summed E-state index contributed by atoms with van der Waals surface area (Å²) in [4.78, 5) is 50.4. The molecule has 1 fully saturated rings. The number of methoxy groups -OCH3 is 1. The van der Waals surface area contributed by atoms with Gasteiger partial charge in [-0.25, -0.2) is 4.79 Å². The molecule has 37 heavy (non-hydrogen) atoms. The number of Topliss-reactive ketones (excluding diaryl/α,β-unsaturated/α-hetero) is 2. The van der Waals surface area contributed by atoms with E-state index in [2.05, 4.69) is 6.92 Å². The van der Waals surface area contributed by atoms with Crippen LogP contribution in [0.3, 0.4) is 0 Å². The first kappa shape index (κ1) is 26.4. The Hall–Kier alpha value is -3.71. The third kappa shape index (κ3) is 5.83. The summed E-state index contributed by atoms with van der Waals surface area (Å²) in [6, 6.07) is 11.7. The van der Waals surface area contributed by atoms with Gasteiger partial charge >= 0.3 is 5.97 Å². The lowest BCUT2D eigenvalue weighted by atomic mass is 9.92. The van der Waals surface area contributed by atoms with E-state index in [1.54, 1.807) is 30.3 Å². The highest BCUT2D eigenvalue weighted by Crippen LogP contribution is 2.51. The Morgan fingerprint density at radius 1 is 1.08 bits per heavy atom. The van der Waals surface area contributed by atoms with Crippen LogP contribution in [0, 0.1) is 5.41 Å². The molecule has 1 heterocycles. The topological polar surface area (TPSA) is 103 Å². The zero-order chi connectivity index (χ0) is 26.9. The summed E-state index contributed by atoms with van der Waals surface area (Å²) in [5, 5.41) is 9.55. The number of carboxylic acid groups (broad SMARTS) is 1. The van der Waals surface area contributed by atoms with E-state index >= 15 is 0 Å². The quantitative estimate of drug-likeness (QED) is 0.347. The van der Waals surface area contributed by atoms with E-state index in [1.807, 2.05) is 0 Å². The number of rotatable bonds is 10. The maximum atomic E-state index is 13.6. The van der Waals surface area contributed by atoms with Gasteiger partial charge < -0.3 is 14.4 Å². The molecule has 1 aliphatic carbocycles. The van der Waals surface area contributed by atoms with Crippen LogP contribution in [-0.2, 0) is 11.2 Å². The normalized spacial score (nSPS) is 14.6. The van der Waals surface area contributed by atoms with E-state index < -0.39 is 17.6 Å². The third-order valence-electron chi connectivity index (χ3n) is 6.99. The molecule has 1 N–H and O–H groups in total. The standard InChI is InChI=1S/C29H28ClNO6/c1-17(32)21-9-8-20(30)13-22(21)23-14-27(34)31(16-26(23)37-3)24(15-29(2)10-11-29)25(33)12-18-4-6-19(7-5-18)28(35)36/h4-9,13-14,16,24H,10-12,15H2,1-3H3,(H,35,36). The van der Waals surface area contributed by atoms with Gasteiger partial charge in [-0.1, -0.05) is 30.7 Å². The number of aromatic carboxylic acids is 1. The monoisotopic (exact) mass is 521 g/mol. The molecule has 0 saturated heterocycles. The van der Waals surface area contributed by atoms with Crippen LogP contribution in [0.1, 0.15) is 65.4 Å². The van der Waals surface area contributed by atoms with Crippen molar-refractivity contribution in [3.63, 3.8) is 0 Å². The molecule has 1 aromatic heterocycles. The van der Waals surface area contributed by atoms with Crippen molar-refractivity contribution >= 4 is 29.1 Å². The fraction of sp³-hybridized carbons (Fsp3) is 0.310. The summed E-state index contributed by atoms with van der Waals surface area (Å²) in [7, 11) is 1.47. The van der Waals surface area contributed by atoms with Crippen molar-refractivity contribution in [2.24, 2.45) is 5.41 Å².